The zero-order valence-electron chi connectivity index (χ0n) is 12.5. The third-order valence-corrected chi connectivity index (χ3v) is 3.61. The van der Waals surface area contributed by atoms with Crippen LogP contribution in [0.5, 0.6) is 0 Å². The molecule has 0 bridgehead atoms. The van der Waals surface area contributed by atoms with Crippen LogP contribution < -0.4 is 0 Å². The monoisotopic (exact) mass is 315 g/mol. The number of hydrogen-bond donors (Lipinski definition) is 1. The highest BCUT2D eigenvalue weighted by Gasteiger charge is 2.38. The first-order valence-corrected chi connectivity index (χ1v) is 7.69. The fourth-order valence-corrected chi connectivity index (χ4v) is 2.57. The quantitative estimate of drug-likeness (QED) is 0.251. The topological polar surface area (TPSA) is 105 Å². The van der Waals surface area contributed by atoms with Crippen molar-refractivity contribution in [3.63, 3.8) is 0 Å². The highest BCUT2D eigenvalue weighted by atomic mass is 16.7. The molecule has 0 aromatic rings. The molecule has 1 saturated heterocycles. The number of hydrogen-bond acceptors (Lipinski definition) is 4. The van der Waals surface area contributed by atoms with E-state index in [4.69, 9.17) is 20.1 Å². The lowest BCUT2D eigenvalue weighted by Gasteiger charge is -2.25. The smallest absolute Gasteiger partial charge is 0.308 e. The van der Waals surface area contributed by atoms with Gasteiger partial charge in [-0.15, -0.1) is 0 Å². The van der Waals surface area contributed by atoms with Crippen LogP contribution in [-0.4, -0.2) is 36.6 Å². The number of ether oxygens (including phenoxy) is 2. The predicted molar refractivity (Wildman–Crippen MR) is 84.6 cm³/mol. The second-order valence-corrected chi connectivity index (χ2v) is 5.36. The third-order valence-electron chi connectivity index (χ3n) is 3.61. The molecular formula is C15H29N3O4. The largest absolute Gasteiger partial charge is 0.481 e. The first-order chi connectivity index (χ1) is 10.2. The molecule has 1 heterocycles. The summed E-state index contributed by atoms with van der Waals surface area (Å²) in [5.41, 5.74) is 8.13. The lowest BCUT2D eigenvalue weighted by Crippen LogP contribution is -2.33. The average molecular weight is 315 g/mol. The van der Waals surface area contributed by atoms with E-state index >= 15 is 0 Å². The van der Waals surface area contributed by atoms with E-state index in [0.29, 0.717) is 26.2 Å². The summed E-state index contributed by atoms with van der Waals surface area (Å²) in [4.78, 5) is 13.6. The molecule has 0 atom stereocenters. The Kier molecular flexibility index (Phi) is 11.5. The third kappa shape index (κ3) is 8.87. The predicted octanol–water partition coefficient (Wildman–Crippen LogP) is 4.27. The maximum atomic E-state index is 10.9. The zero-order chi connectivity index (χ0) is 15.4. The highest BCUT2D eigenvalue weighted by molar-refractivity contribution is 5.67. The van der Waals surface area contributed by atoms with Gasteiger partial charge in [-0.3, -0.25) is 4.79 Å². The van der Waals surface area contributed by atoms with Crippen molar-refractivity contribution in [3.05, 3.63) is 10.4 Å². The fourth-order valence-electron chi connectivity index (χ4n) is 2.57. The molecule has 1 N–H and O–H groups in total. The van der Waals surface area contributed by atoms with E-state index in [1.54, 1.807) is 0 Å². The number of carboxylic acid groups (broad SMARTS) is 1. The maximum absolute atomic E-state index is 10.9. The molecule has 7 nitrogen and oxygen atoms in total. The molecule has 0 aromatic carbocycles. The summed E-state index contributed by atoms with van der Waals surface area (Å²) in [6.45, 7) is 1.56. The van der Waals surface area contributed by atoms with Crippen LogP contribution in [0.15, 0.2) is 5.11 Å². The standard InChI is InChI=1S/C14H25N3O4.CH4/c15-17-16-9-7-5-3-1-2-4-6-8-14(12-13(18)19)20-10-11-21-14;/h1-12H2,(H,18,19);1H4. The Bertz CT molecular complexity index is 351. The lowest BCUT2D eigenvalue weighted by molar-refractivity contribution is -0.182. The van der Waals surface area contributed by atoms with Crippen molar-refractivity contribution in [1.82, 2.24) is 0 Å². The van der Waals surface area contributed by atoms with Gasteiger partial charge in [0.2, 0.25) is 0 Å². The van der Waals surface area contributed by atoms with E-state index < -0.39 is 11.8 Å². The molecule has 1 fully saturated rings. The van der Waals surface area contributed by atoms with Crippen LogP contribution >= 0.6 is 0 Å². The van der Waals surface area contributed by atoms with Gasteiger partial charge in [0.25, 0.3) is 0 Å². The van der Waals surface area contributed by atoms with Crippen molar-refractivity contribution in [2.75, 3.05) is 19.8 Å². The minimum Gasteiger partial charge on any atom is -0.481 e. The molecule has 0 aliphatic carbocycles. The number of unbranched alkanes of at least 4 members (excludes halogenated alkanes) is 6. The number of carbonyl (C=O) groups is 1. The van der Waals surface area contributed by atoms with Gasteiger partial charge in [-0.2, -0.15) is 0 Å². The van der Waals surface area contributed by atoms with Crippen molar-refractivity contribution in [1.29, 1.82) is 0 Å². The van der Waals surface area contributed by atoms with Crippen LogP contribution in [0.3, 0.4) is 0 Å². The Labute approximate surface area is 132 Å². The Morgan fingerprint density at radius 3 is 2.18 bits per heavy atom. The molecule has 1 rings (SSSR count). The van der Waals surface area contributed by atoms with Crippen molar-refractivity contribution in [2.45, 2.75) is 71.0 Å². The fraction of sp³-hybridized carbons (Fsp3) is 0.933. The SMILES string of the molecule is C.[N-]=[N+]=NCCCCCCCCCC1(CC(=O)O)OCCO1. The van der Waals surface area contributed by atoms with E-state index in [-0.39, 0.29) is 13.8 Å². The Balaban J connectivity index is 0.00000441. The van der Waals surface area contributed by atoms with Crippen LogP contribution in [-0.2, 0) is 14.3 Å². The van der Waals surface area contributed by atoms with E-state index in [0.717, 1.165) is 44.9 Å². The van der Waals surface area contributed by atoms with Gasteiger partial charge in [-0.1, -0.05) is 44.6 Å². The second kappa shape index (κ2) is 12.3. The van der Waals surface area contributed by atoms with Gasteiger partial charge >= 0.3 is 5.97 Å². The molecule has 0 amide bonds. The zero-order valence-corrected chi connectivity index (χ0v) is 12.5. The van der Waals surface area contributed by atoms with Gasteiger partial charge in [-0.25, -0.2) is 0 Å². The number of aliphatic carboxylic acids is 1. The van der Waals surface area contributed by atoms with E-state index in [9.17, 15) is 4.79 Å². The second-order valence-electron chi connectivity index (χ2n) is 5.36. The molecule has 1 aliphatic rings. The van der Waals surface area contributed by atoms with Crippen LogP contribution in [0.4, 0.5) is 0 Å². The highest BCUT2D eigenvalue weighted by Crippen LogP contribution is 2.29. The molecule has 7 heteroatoms. The van der Waals surface area contributed by atoms with E-state index in [1.807, 2.05) is 0 Å². The van der Waals surface area contributed by atoms with Crippen molar-refractivity contribution in [2.24, 2.45) is 5.11 Å². The summed E-state index contributed by atoms with van der Waals surface area (Å²) >= 11 is 0. The van der Waals surface area contributed by atoms with Crippen molar-refractivity contribution in [3.8, 4) is 0 Å². The van der Waals surface area contributed by atoms with Gasteiger partial charge in [0.1, 0.15) is 0 Å². The number of nitrogens with zero attached hydrogens (tertiary/aromatic N) is 3. The van der Waals surface area contributed by atoms with Crippen molar-refractivity contribution >= 4 is 5.97 Å². The molecule has 0 radical (unpaired) electrons. The molecule has 0 unspecified atom stereocenters. The molecule has 0 saturated carbocycles. The number of carboxylic acids is 1. The van der Waals surface area contributed by atoms with Gasteiger partial charge < -0.3 is 14.6 Å². The van der Waals surface area contributed by atoms with Gasteiger partial charge in [0, 0.05) is 17.9 Å². The summed E-state index contributed by atoms with van der Waals surface area (Å²) in [7, 11) is 0. The van der Waals surface area contributed by atoms with E-state index in [2.05, 4.69) is 10.0 Å². The molecule has 0 aromatic heterocycles. The summed E-state index contributed by atoms with van der Waals surface area (Å²) in [6, 6.07) is 0. The first kappa shape index (κ1) is 20.7. The minimum absolute atomic E-state index is 0. The summed E-state index contributed by atoms with van der Waals surface area (Å²) in [5.74, 6) is -1.77. The Morgan fingerprint density at radius 1 is 1.09 bits per heavy atom. The van der Waals surface area contributed by atoms with Gasteiger partial charge in [0.05, 0.1) is 19.6 Å². The van der Waals surface area contributed by atoms with Crippen LogP contribution in [0.25, 0.3) is 10.4 Å². The Hall–Kier alpha value is -1.30. The minimum atomic E-state index is -0.888. The average Bonchev–Trinajstić information content (AvgIpc) is 2.89. The van der Waals surface area contributed by atoms with Crippen LogP contribution in [0, 0.1) is 0 Å². The first-order valence-electron chi connectivity index (χ1n) is 7.69. The van der Waals surface area contributed by atoms with Gasteiger partial charge in [-0.05, 0) is 18.4 Å². The van der Waals surface area contributed by atoms with Crippen LogP contribution in [0.2, 0.25) is 0 Å². The Morgan fingerprint density at radius 2 is 1.64 bits per heavy atom. The molecule has 22 heavy (non-hydrogen) atoms. The van der Waals surface area contributed by atoms with E-state index in [1.165, 1.54) is 0 Å². The lowest BCUT2D eigenvalue weighted by atomic mass is 10.0. The summed E-state index contributed by atoms with van der Waals surface area (Å²) < 4.78 is 11.0. The van der Waals surface area contributed by atoms with Gasteiger partial charge in [0.15, 0.2) is 5.79 Å². The van der Waals surface area contributed by atoms with Crippen LogP contribution in [0.1, 0.15) is 65.2 Å². The number of azide groups is 1. The molecular weight excluding hydrogens is 286 g/mol. The van der Waals surface area contributed by atoms with Crippen molar-refractivity contribution < 1.29 is 19.4 Å². The summed E-state index contributed by atoms with van der Waals surface area (Å²) in [5, 5.41) is 12.4. The molecule has 1 aliphatic heterocycles. The maximum Gasteiger partial charge on any atom is 0.308 e. The number of rotatable bonds is 12. The molecule has 0 spiro atoms. The summed E-state index contributed by atoms with van der Waals surface area (Å²) in [6.07, 6.45) is 8.03. The molecule has 128 valence electrons. The normalized spacial score (nSPS) is 15.8.